The molecular formula is C21H22ClN3O5. The average Bonchev–Trinajstić information content (AvgIpc) is 3.39. The number of nitrogens with one attached hydrogen (secondary N) is 1. The molecule has 30 heavy (non-hydrogen) atoms. The predicted octanol–water partition coefficient (Wildman–Crippen LogP) is 2.45. The number of rotatable bonds is 6. The van der Waals surface area contributed by atoms with Crippen molar-refractivity contribution in [2.75, 3.05) is 31.8 Å². The summed E-state index contributed by atoms with van der Waals surface area (Å²) in [6.45, 7) is 1.52. The Hall–Kier alpha value is -2.84. The molecule has 1 aromatic heterocycles. The Morgan fingerprint density at radius 3 is 2.97 bits per heavy atom. The van der Waals surface area contributed by atoms with Crippen molar-refractivity contribution in [3.05, 3.63) is 47.1 Å². The molecule has 4 rings (SSSR count). The zero-order valence-electron chi connectivity index (χ0n) is 16.5. The lowest BCUT2D eigenvalue weighted by Crippen LogP contribution is -2.37. The molecule has 2 saturated heterocycles. The smallest absolute Gasteiger partial charge is 0.253 e. The lowest BCUT2D eigenvalue weighted by molar-refractivity contribution is -0.117. The van der Waals surface area contributed by atoms with E-state index in [1.165, 1.54) is 12.3 Å². The number of carbonyl (C=O) groups excluding carboxylic acids is 2. The summed E-state index contributed by atoms with van der Waals surface area (Å²) in [5.41, 5.74) is 1.04. The quantitative estimate of drug-likeness (QED) is 0.755. The number of methoxy groups -OCH3 is 1. The third-order valence-electron chi connectivity index (χ3n) is 5.06. The Labute approximate surface area is 179 Å². The highest BCUT2D eigenvalue weighted by Gasteiger charge is 2.32. The van der Waals surface area contributed by atoms with E-state index in [9.17, 15) is 9.59 Å². The van der Waals surface area contributed by atoms with Crippen molar-refractivity contribution in [2.24, 2.45) is 0 Å². The van der Waals surface area contributed by atoms with Crippen molar-refractivity contribution >= 4 is 29.1 Å². The zero-order valence-corrected chi connectivity index (χ0v) is 17.2. The molecule has 158 valence electrons. The minimum atomic E-state index is -0.342. The maximum atomic E-state index is 12.6. The molecular weight excluding hydrogens is 410 g/mol. The van der Waals surface area contributed by atoms with E-state index in [2.05, 4.69) is 10.3 Å². The van der Waals surface area contributed by atoms with Crippen LogP contribution in [0.25, 0.3) is 0 Å². The van der Waals surface area contributed by atoms with E-state index >= 15 is 0 Å². The van der Waals surface area contributed by atoms with Crippen LogP contribution in [0.4, 0.5) is 5.69 Å². The van der Waals surface area contributed by atoms with Crippen molar-refractivity contribution < 1.29 is 23.8 Å². The van der Waals surface area contributed by atoms with Crippen LogP contribution in [0, 0.1) is 0 Å². The highest BCUT2D eigenvalue weighted by molar-refractivity contribution is 6.32. The Morgan fingerprint density at radius 2 is 2.23 bits per heavy atom. The first kappa shape index (κ1) is 20.4. The molecule has 2 aromatic rings. The number of hydrogen-bond acceptors (Lipinski definition) is 6. The van der Waals surface area contributed by atoms with E-state index in [1.807, 2.05) is 18.2 Å². The van der Waals surface area contributed by atoms with Crippen molar-refractivity contribution in [3.63, 3.8) is 0 Å². The second kappa shape index (κ2) is 8.89. The average molecular weight is 432 g/mol. The van der Waals surface area contributed by atoms with Crippen LogP contribution in [0.15, 0.2) is 36.5 Å². The normalized spacial score (nSPS) is 21.0. The second-order valence-electron chi connectivity index (χ2n) is 7.19. The molecule has 0 aliphatic carbocycles. The number of pyridine rings is 1. The van der Waals surface area contributed by atoms with Gasteiger partial charge in [-0.2, -0.15) is 0 Å². The molecule has 2 aliphatic rings. The Balaban J connectivity index is 1.39. The molecule has 0 bridgehead atoms. The third kappa shape index (κ3) is 4.49. The lowest BCUT2D eigenvalue weighted by atomic mass is 10.2. The highest BCUT2D eigenvalue weighted by Crippen LogP contribution is 2.27. The van der Waals surface area contributed by atoms with Gasteiger partial charge in [0, 0.05) is 37.3 Å². The van der Waals surface area contributed by atoms with Gasteiger partial charge >= 0.3 is 0 Å². The summed E-state index contributed by atoms with van der Waals surface area (Å²) in [4.78, 5) is 30.9. The number of amides is 2. The van der Waals surface area contributed by atoms with E-state index in [1.54, 1.807) is 18.1 Å². The van der Waals surface area contributed by atoms with Gasteiger partial charge in [0.2, 0.25) is 11.8 Å². The fourth-order valence-corrected chi connectivity index (χ4v) is 3.71. The number of ether oxygens (including phenoxy) is 3. The first-order chi connectivity index (χ1) is 14.5. The maximum Gasteiger partial charge on any atom is 0.253 e. The zero-order chi connectivity index (χ0) is 21.1. The Bertz CT molecular complexity index is 948. The summed E-state index contributed by atoms with van der Waals surface area (Å²) in [7, 11) is 1.57. The molecule has 2 amide bonds. The van der Waals surface area contributed by atoms with E-state index < -0.39 is 0 Å². The molecule has 0 radical (unpaired) electrons. The SMILES string of the molecule is COc1cccc(N2CC(NC(=O)c3cnc(OC4CCOC4)c(Cl)c3)CC2=O)c1. The summed E-state index contributed by atoms with van der Waals surface area (Å²) in [5, 5.41) is 3.14. The van der Waals surface area contributed by atoms with Gasteiger partial charge in [0.25, 0.3) is 5.91 Å². The summed E-state index contributed by atoms with van der Waals surface area (Å²) in [5.74, 6) is 0.543. The van der Waals surface area contributed by atoms with Crippen LogP contribution >= 0.6 is 11.6 Å². The molecule has 2 atom stereocenters. The van der Waals surface area contributed by atoms with Crippen LogP contribution in [0.5, 0.6) is 11.6 Å². The topological polar surface area (TPSA) is 90.0 Å². The maximum absolute atomic E-state index is 12.6. The van der Waals surface area contributed by atoms with Gasteiger partial charge < -0.3 is 24.4 Å². The van der Waals surface area contributed by atoms with E-state index in [-0.39, 0.29) is 41.3 Å². The van der Waals surface area contributed by atoms with Crippen molar-refractivity contribution in [2.45, 2.75) is 25.0 Å². The highest BCUT2D eigenvalue weighted by atomic mass is 35.5. The van der Waals surface area contributed by atoms with Gasteiger partial charge in [-0.05, 0) is 18.2 Å². The van der Waals surface area contributed by atoms with Gasteiger partial charge in [-0.1, -0.05) is 17.7 Å². The summed E-state index contributed by atoms with van der Waals surface area (Å²) >= 11 is 6.24. The van der Waals surface area contributed by atoms with E-state index in [0.29, 0.717) is 31.1 Å². The predicted molar refractivity (Wildman–Crippen MR) is 110 cm³/mol. The van der Waals surface area contributed by atoms with Crippen LogP contribution < -0.4 is 19.7 Å². The van der Waals surface area contributed by atoms with Crippen molar-refractivity contribution in [1.82, 2.24) is 10.3 Å². The van der Waals surface area contributed by atoms with Crippen LogP contribution in [0.3, 0.4) is 0 Å². The second-order valence-corrected chi connectivity index (χ2v) is 7.60. The molecule has 1 aromatic carbocycles. The van der Waals surface area contributed by atoms with Crippen LogP contribution in [-0.2, 0) is 9.53 Å². The summed E-state index contributed by atoms with van der Waals surface area (Å²) < 4.78 is 16.2. The number of benzene rings is 1. The van der Waals surface area contributed by atoms with Gasteiger partial charge in [0.05, 0.1) is 31.9 Å². The number of hydrogen-bond donors (Lipinski definition) is 1. The lowest BCUT2D eigenvalue weighted by Gasteiger charge is -2.18. The minimum absolute atomic E-state index is 0.0627. The molecule has 3 heterocycles. The van der Waals surface area contributed by atoms with E-state index in [4.69, 9.17) is 25.8 Å². The number of aromatic nitrogens is 1. The molecule has 0 spiro atoms. The van der Waals surface area contributed by atoms with Crippen LogP contribution in [0.2, 0.25) is 5.02 Å². The molecule has 0 saturated carbocycles. The van der Waals surface area contributed by atoms with Gasteiger partial charge in [-0.3, -0.25) is 9.59 Å². The van der Waals surface area contributed by atoms with Crippen molar-refractivity contribution in [3.8, 4) is 11.6 Å². The van der Waals surface area contributed by atoms with Crippen LogP contribution in [-0.4, -0.2) is 55.8 Å². The number of carbonyl (C=O) groups is 2. The number of nitrogens with zero attached hydrogens (tertiary/aromatic N) is 2. The molecule has 9 heteroatoms. The van der Waals surface area contributed by atoms with Crippen molar-refractivity contribution in [1.29, 1.82) is 0 Å². The van der Waals surface area contributed by atoms with Gasteiger partial charge in [0.15, 0.2) is 0 Å². The third-order valence-corrected chi connectivity index (χ3v) is 5.33. The fourth-order valence-electron chi connectivity index (χ4n) is 3.50. The monoisotopic (exact) mass is 431 g/mol. The Kier molecular flexibility index (Phi) is 6.06. The number of anilines is 1. The molecule has 2 aliphatic heterocycles. The van der Waals surface area contributed by atoms with Gasteiger partial charge in [-0.25, -0.2) is 4.98 Å². The molecule has 2 unspecified atom stereocenters. The largest absolute Gasteiger partial charge is 0.497 e. The number of halogens is 1. The summed E-state index contributed by atoms with van der Waals surface area (Å²) in [6.07, 6.45) is 2.33. The Morgan fingerprint density at radius 1 is 1.37 bits per heavy atom. The molecule has 8 nitrogen and oxygen atoms in total. The van der Waals surface area contributed by atoms with Crippen LogP contribution in [0.1, 0.15) is 23.2 Å². The molecule has 2 fully saturated rings. The van der Waals surface area contributed by atoms with Gasteiger partial charge in [0.1, 0.15) is 16.9 Å². The first-order valence-electron chi connectivity index (χ1n) is 9.68. The van der Waals surface area contributed by atoms with Gasteiger partial charge in [-0.15, -0.1) is 0 Å². The fraction of sp³-hybridized carbons (Fsp3) is 0.381. The standard InChI is InChI=1S/C21H22ClN3O5/c1-28-16-4-2-3-15(9-16)25-11-14(8-19(25)26)24-20(27)13-7-18(22)21(23-10-13)30-17-5-6-29-12-17/h2-4,7,9-10,14,17H,5-6,8,11-12H2,1H3,(H,24,27). The molecule has 1 N–H and O–H groups in total. The minimum Gasteiger partial charge on any atom is -0.497 e. The summed E-state index contributed by atoms with van der Waals surface area (Å²) in [6, 6.07) is 8.46. The first-order valence-corrected chi connectivity index (χ1v) is 10.1. The van der Waals surface area contributed by atoms with E-state index in [0.717, 1.165) is 12.1 Å².